The van der Waals surface area contributed by atoms with E-state index in [0.717, 1.165) is 17.7 Å². The third-order valence-corrected chi connectivity index (χ3v) is 5.00. The second-order valence-electron chi connectivity index (χ2n) is 7.74. The van der Waals surface area contributed by atoms with Crippen LogP contribution in [0.1, 0.15) is 47.3 Å². The molecule has 0 aromatic heterocycles. The van der Waals surface area contributed by atoms with Crippen LogP contribution in [0.25, 0.3) is 0 Å². The number of nitrogens with one attached hydrogen (secondary N) is 1. The Kier molecular flexibility index (Phi) is 8.05. The summed E-state index contributed by atoms with van der Waals surface area (Å²) in [6.07, 6.45) is -4.86. The number of carbonyl (C=O) groups is 2. The summed E-state index contributed by atoms with van der Waals surface area (Å²) in [6, 6.07) is 9.98. The van der Waals surface area contributed by atoms with Crippen molar-refractivity contribution in [2.45, 2.75) is 39.9 Å². The zero-order valence-electron chi connectivity index (χ0n) is 18.6. The molecule has 1 amide bonds. The molecule has 4 N–H and O–H groups in total. The Morgan fingerprint density at radius 2 is 1.73 bits per heavy atom. The van der Waals surface area contributed by atoms with Crippen LogP contribution in [0, 0.1) is 6.92 Å². The van der Waals surface area contributed by atoms with E-state index in [1.54, 1.807) is 38.1 Å². The highest BCUT2D eigenvalue weighted by atomic mass is 19.4. The summed E-state index contributed by atoms with van der Waals surface area (Å²) in [6.45, 7) is 8.96. The molecule has 0 saturated carbocycles. The molecule has 0 unspecified atom stereocenters. The fourth-order valence-electron chi connectivity index (χ4n) is 3.21. The first-order valence-electron chi connectivity index (χ1n) is 9.97. The average molecular weight is 461 g/mol. The number of rotatable bonds is 8. The molecule has 0 radical (unpaired) electrons. The number of benzene rings is 2. The molecule has 0 bridgehead atoms. The zero-order valence-corrected chi connectivity index (χ0v) is 18.6. The maximum absolute atomic E-state index is 13.3. The lowest BCUT2D eigenvalue weighted by molar-refractivity contribution is -0.138. The van der Waals surface area contributed by atoms with Crippen LogP contribution in [0.15, 0.2) is 65.9 Å². The molecule has 33 heavy (non-hydrogen) atoms. The van der Waals surface area contributed by atoms with Crippen LogP contribution in [-0.4, -0.2) is 22.0 Å². The minimum atomic E-state index is -4.65. The number of nitrogens with zero attached hydrogens (tertiary/aromatic N) is 1. The number of amides is 1. The molecular formula is C24H26F3N3O3. The average Bonchev–Trinajstić information content (AvgIpc) is 2.71. The number of anilines is 1. The lowest BCUT2D eigenvalue weighted by Gasteiger charge is -2.23. The van der Waals surface area contributed by atoms with Crippen LogP contribution in [0.2, 0.25) is 0 Å². The van der Waals surface area contributed by atoms with Gasteiger partial charge in [-0.1, -0.05) is 35.9 Å². The molecule has 9 heteroatoms. The summed E-state index contributed by atoms with van der Waals surface area (Å²) >= 11 is 0. The van der Waals surface area contributed by atoms with Crippen molar-refractivity contribution in [3.8, 4) is 0 Å². The Bertz CT molecular complexity index is 1090. The summed E-state index contributed by atoms with van der Waals surface area (Å²) in [5, 5.41) is 13.0. The van der Waals surface area contributed by atoms with Gasteiger partial charge in [-0.3, -0.25) is 9.59 Å². The highest BCUT2D eigenvalue weighted by Crippen LogP contribution is 2.33. The second kappa shape index (κ2) is 10.4. The summed E-state index contributed by atoms with van der Waals surface area (Å²) in [4.78, 5) is 23.6. The van der Waals surface area contributed by atoms with E-state index in [1.165, 1.54) is 18.0 Å². The van der Waals surface area contributed by atoms with E-state index in [4.69, 9.17) is 10.9 Å². The van der Waals surface area contributed by atoms with Crippen molar-refractivity contribution in [1.29, 1.82) is 0 Å². The Balaban J connectivity index is 2.16. The van der Waals surface area contributed by atoms with Crippen LogP contribution in [-0.2, 0) is 17.5 Å². The fraction of sp³-hybridized carbons (Fsp3) is 0.250. The van der Waals surface area contributed by atoms with Gasteiger partial charge in [0.2, 0.25) is 0 Å². The smallest absolute Gasteiger partial charge is 0.417 e. The van der Waals surface area contributed by atoms with Gasteiger partial charge in [-0.15, -0.1) is 0 Å². The van der Waals surface area contributed by atoms with Crippen molar-refractivity contribution in [2.75, 3.05) is 5.32 Å². The van der Waals surface area contributed by atoms with E-state index in [0.29, 0.717) is 28.1 Å². The number of hydrogen-bond donors (Lipinski definition) is 3. The largest absolute Gasteiger partial charge is 0.481 e. The number of hydrazine groups is 1. The Morgan fingerprint density at radius 1 is 1.12 bits per heavy atom. The van der Waals surface area contributed by atoms with Crippen molar-refractivity contribution in [2.24, 2.45) is 5.84 Å². The highest BCUT2D eigenvalue weighted by molar-refractivity contribution is 6.05. The number of halogens is 3. The molecule has 0 aliphatic carbocycles. The Hall–Kier alpha value is -3.59. The summed E-state index contributed by atoms with van der Waals surface area (Å²) < 4.78 is 39.9. The third-order valence-electron chi connectivity index (χ3n) is 5.00. The topological polar surface area (TPSA) is 95.7 Å². The maximum atomic E-state index is 13.3. The number of aliphatic carboxylic acids is 1. The van der Waals surface area contributed by atoms with E-state index < -0.39 is 29.2 Å². The second-order valence-corrected chi connectivity index (χ2v) is 7.74. The van der Waals surface area contributed by atoms with Gasteiger partial charge in [0.1, 0.15) is 0 Å². The van der Waals surface area contributed by atoms with Gasteiger partial charge >= 0.3 is 12.1 Å². The quantitative estimate of drug-likeness (QED) is 0.283. The van der Waals surface area contributed by atoms with Gasteiger partial charge in [0.15, 0.2) is 0 Å². The number of aryl methyl sites for hydroxylation is 1. The molecule has 2 rings (SSSR count). The number of carboxylic acids is 1. The van der Waals surface area contributed by atoms with Gasteiger partial charge in [-0.25, -0.2) is 5.84 Å². The first kappa shape index (κ1) is 25.7. The Labute approximate surface area is 190 Å². The normalized spacial score (nSPS) is 12.1. The first-order valence-corrected chi connectivity index (χ1v) is 9.97. The standard InChI is InChI=1S/C24H26F3N3O3/c1-14(2)20(12-22(31)32)16(4)30(28)13-17-6-8-18(9-7-17)29-23(33)19-10-5-15(3)11-21(19)24(25,26)27/h5-11H,1,12-13,28H2,2-4H3,(H,29,33)(H,31,32)/b20-16-. The van der Waals surface area contributed by atoms with E-state index >= 15 is 0 Å². The van der Waals surface area contributed by atoms with Crippen LogP contribution >= 0.6 is 0 Å². The number of hydrogen-bond acceptors (Lipinski definition) is 4. The van der Waals surface area contributed by atoms with Gasteiger partial charge in [0.05, 0.1) is 24.1 Å². The molecule has 2 aromatic carbocycles. The van der Waals surface area contributed by atoms with Crippen molar-refractivity contribution in [3.05, 3.63) is 88.1 Å². The van der Waals surface area contributed by atoms with Crippen LogP contribution in [0.5, 0.6) is 0 Å². The number of allylic oxidation sites excluding steroid dienone is 2. The first-order chi connectivity index (χ1) is 15.3. The molecule has 0 spiro atoms. The molecule has 0 heterocycles. The predicted molar refractivity (Wildman–Crippen MR) is 120 cm³/mol. The van der Waals surface area contributed by atoms with Crippen molar-refractivity contribution < 1.29 is 27.9 Å². The van der Waals surface area contributed by atoms with E-state index in [9.17, 15) is 22.8 Å². The number of nitrogens with two attached hydrogens (primary N) is 1. The van der Waals surface area contributed by atoms with Gasteiger partial charge in [0.25, 0.3) is 5.91 Å². The Morgan fingerprint density at radius 3 is 2.24 bits per heavy atom. The third kappa shape index (κ3) is 6.95. The zero-order chi connectivity index (χ0) is 24.9. The monoisotopic (exact) mass is 461 g/mol. The summed E-state index contributed by atoms with van der Waals surface area (Å²) in [5.74, 6) is 4.23. The SMILES string of the molecule is C=C(C)/C(CC(=O)O)=C(/C)N(N)Cc1ccc(NC(=O)c2ccc(C)cc2C(F)(F)F)cc1. The van der Waals surface area contributed by atoms with Gasteiger partial charge < -0.3 is 15.4 Å². The molecule has 0 aliphatic heterocycles. The molecule has 2 aromatic rings. The van der Waals surface area contributed by atoms with Gasteiger partial charge in [-0.05, 0) is 56.2 Å². The van der Waals surface area contributed by atoms with Crippen LogP contribution in [0.4, 0.5) is 18.9 Å². The molecule has 0 aliphatic rings. The van der Waals surface area contributed by atoms with Gasteiger partial charge in [-0.2, -0.15) is 13.2 Å². The van der Waals surface area contributed by atoms with E-state index in [-0.39, 0.29) is 13.0 Å². The van der Waals surface area contributed by atoms with E-state index in [2.05, 4.69) is 11.9 Å². The minimum absolute atomic E-state index is 0.210. The number of alkyl halides is 3. The van der Waals surface area contributed by atoms with Crippen molar-refractivity contribution in [3.63, 3.8) is 0 Å². The van der Waals surface area contributed by atoms with Gasteiger partial charge in [0, 0.05) is 11.4 Å². The predicted octanol–water partition coefficient (Wildman–Crippen LogP) is 5.27. The van der Waals surface area contributed by atoms with Crippen LogP contribution < -0.4 is 11.2 Å². The molecule has 0 saturated heterocycles. The molecule has 0 fully saturated rings. The molecule has 6 nitrogen and oxygen atoms in total. The molecule has 0 atom stereocenters. The number of carboxylic acid groups (broad SMARTS) is 1. The fourth-order valence-corrected chi connectivity index (χ4v) is 3.21. The van der Waals surface area contributed by atoms with E-state index in [1.807, 2.05) is 0 Å². The summed E-state index contributed by atoms with van der Waals surface area (Å²) in [5.41, 5.74) is 1.69. The van der Waals surface area contributed by atoms with Crippen LogP contribution in [0.3, 0.4) is 0 Å². The lowest BCUT2D eigenvalue weighted by Crippen LogP contribution is -2.30. The lowest BCUT2D eigenvalue weighted by atomic mass is 10.0. The van der Waals surface area contributed by atoms with Crippen molar-refractivity contribution >= 4 is 17.6 Å². The number of carbonyl (C=O) groups excluding carboxylic acids is 1. The highest BCUT2D eigenvalue weighted by Gasteiger charge is 2.35. The minimum Gasteiger partial charge on any atom is -0.481 e. The summed E-state index contributed by atoms with van der Waals surface area (Å²) in [7, 11) is 0. The molecule has 176 valence electrons. The van der Waals surface area contributed by atoms with Crippen molar-refractivity contribution in [1.82, 2.24) is 5.01 Å². The molecular weight excluding hydrogens is 435 g/mol. The maximum Gasteiger partial charge on any atom is 0.417 e.